The van der Waals surface area contributed by atoms with Crippen LogP contribution in [0.2, 0.25) is 5.82 Å². The third kappa shape index (κ3) is 3.55. The first-order valence-electron chi connectivity index (χ1n) is 8.17. The molecular weight excluding hydrogens is 235 g/mol. The topological polar surface area (TPSA) is 18.5 Å². The molecular formula is C16H31BO2. The van der Waals surface area contributed by atoms with Crippen molar-refractivity contribution in [2.75, 3.05) is 0 Å². The molecule has 1 heterocycles. The minimum absolute atomic E-state index is 0.00954. The molecule has 0 amide bonds. The van der Waals surface area contributed by atoms with Crippen LogP contribution in [0.5, 0.6) is 0 Å². The Bertz CT molecular complexity index is 285. The molecule has 19 heavy (non-hydrogen) atoms. The number of rotatable bonds is 1. The van der Waals surface area contributed by atoms with Crippen LogP contribution in [0.1, 0.15) is 79.6 Å². The molecule has 0 radical (unpaired) electrons. The SMILES string of the molecule is CC1CCCCCC(B2OC(C)(C)C(C)(C)O2)CC1. The van der Waals surface area contributed by atoms with E-state index >= 15 is 0 Å². The van der Waals surface area contributed by atoms with Gasteiger partial charge in [-0.1, -0.05) is 51.9 Å². The van der Waals surface area contributed by atoms with Crippen molar-refractivity contribution in [3.63, 3.8) is 0 Å². The average Bonchev–Trinajstić information content (AvgIpc) is 2.57. The molecule has 1 saturated heterocycles. The number of hydrogen-bond donors (Lipinski definition) is 0. The summed E-state index contributed by atoms with van der Waals surface area (Å²) in [7, 11) is 0.00954. The molecule has 2 rings (SSSR count). The van der Waals surface area contributed by atoms with Gasteiger partial charge in [0.1, 0.15) is 0 Å². The van der Waals surface area contributed by atoms with Gasteiger partial charge in [0.15, 0.2) is 0 Å². The fraction of sp³-hybridized carbons (Fsp3) is 1.00. The van der Waals surface area contributed by atoms with Crippen LogP contribution in [-0.2, 0) is 9.31 Å². The third-order valence-corrected chi connectivity index (χ3v) is 5.46. The van der Waals surface area contributed by atoms with Crippen molar-refractivity contribution in [1.82, 2.24) is 0 Å². The molecule has 1 aliphatic carbocycles. The van der Waals surface area contributed by atoms with E-state index in [2.05, 4.69) is 34.6 Å². The summed E-state index contributed by atoms with van der Waals surface area (Å²) in [5, 5.41) is 0. The Balaban J connectivity index is 2.00. The summed E-state index contributed by atoms with van der Waals surface area (Å²) in [5.41, 5.74) is -0.358. The maximum atomic E-state index is 6.25. The molecule has 2 unspecified atom stereocenters. The van der Waals surface area contributed by atoms with Gasteiger partial charge in [-0.05, 0) is 39.4 Å². The van der Waals surface area contributed by atoms with Crippen LogP contribution in [-0.4, -0.2) is 18.3 Å². The molecule has 110 valence electrons. The molecule has 3 heteroatoms. The second-order valence-electron chi connectivity index (χ2n) is 7.71. The summed E-state index contributed by atoms with van der Waals surface area (Å²) in [6.07, 6.45) is 9.37. The molecule has 2 nitrogen and oxygen atoms in total. The minimum atomic E-state index is -0.179. The Labute approximate surface area is 119 Å². The van der Waals surface area contributed by atoms with Gasteiger partial charge >= 0.3 is 7.12 Å². The summed E-state index contributed by atoms with van der Waals surface area (Å²) < 4.78 is 12.5. The standard InChI is InChI=1S/C16H31BO2/c1-13-9-7-6-8-10-14(12-11-13)17-18-15(2,3)16(4,5)19-17/h13-14H,6-12H2,1-5H3. The molecule has 2 fully saturated rings. The lowest BCUT2D eigenvalue weighted by molar-refractivity contribution is 0.00578. The zero-order valence-electron chi connectivity index (χ0n) is 13.5. The normalized spacial score (nSPS) is 35.5. The first-order valence-corrected chi connectivity index (χ1v) is 8.17. The van der Waals surface area contributed by atoms with E-state index in [-0.39, 0.29) is 18.3 Å². The molecule has 0 bridgehead atoms. The lowest BCUT2D eigenvalue weighted by Crippen LogP contribution is -2.41. The van der Waals surface area contributed by atoms with Crippen molar-refractivity contribution in [3.8, 4) is 0 Å². The second-order valence-corrected chi connectivity index (χ2v) is 7.71. The third-order valence-electron chi connectivity index (χ3n) is 5.46. The van der Waals surface area contributed by atoms with Gasteiger partial charge in [0.05, 0.1) is 11.2 Å². The lowest BCUT2D eigenvalue weighted by atomic mass is 9.66. The van der Waals surface area contributed by atoms with Crippen molar-refractivity contribution in [2.24, 2.45) is 5.92 Å². The van der Waals surface area contributed by atoms with Gasteiger partial charge in [-0.2, -0.15) is 0 Å². The van der Waals surface area contributed by atoms with E-state index in [1.165, 1.54) is 44.9 Å². The Hall–Kier alpha value is -0.0151. The molecule has 0 aromatic heterocycles. The maximum absolute atomic E-state index is 6.25. The van der Waals surface area contributed by atoms with Crippen LogP contribution in [0.4, 0.5) is 0 Å². The summed E-state index contributed by atoms with van der Waals surface area (Å²) in [5.74, 6) is 1.45. The predicted molar refractivity (Wildman–Crippen MR) is 81.3 cm³/mol. The maximum Gasteiger partial charge on any atom is 0.461 e. The fourth-order valence-electron chi connectivity index (χ4n) is 3.22. The highest BCUT2D eigenvalue weighted by Gasteiger charge is 2.53. The van der Waals surface area contributed by atoms with E-state index in [1.54, 1.807) is 0 Å². The van der Waals surface area contributed by atoms with E-state index in [1.807, 2.05) is 0 Å². The largest absolute Gasteiger partial charge is 0.461 e. The Kier molecular flexibility index (Phi) is 4.67. The zero-order valence-corrected chi connectivity index (χ0v) is 13.5. The highest BCUT2D eigenvalue weighted by molar-refractivity contribution is 6.47. The molecule has 1 aliphatic heterocycles. The van der Waals surface area contributed by atoms with Crippen LogP contribution in [0.25, 0.3) is 0 Å². The van der Waals surface area contributed by atoms with E-state index < -0.39 is 0 Å². The van der Waals surface area contributed by atoms with Crippen LogP contribution in [0.15, 0.2) is 0 Å². The highest BCUT2D eigenvalue weighted by Crippen LogP contribution is 2.43. The Morgan fingerprint density at radius 3 is 2.00 bits per heavy atom. The summed E-state index contributed by atoms with van der Waals surface area (Å²) in [6.45, 7) is 11.0. The van der Waals surface area contributed by atoms with Gasteiger partial charge in [-0.15, -0.1) is 0 Å². The van der Waals surface area contributed by atoms with E-state index in [9.17, 15) is 0 Å². The van der Waals surface area contributed by atoms with Gasteiger partial charge in [-0.25, -0.2) is 0 Å². The predicted octanol–water partition coefficient (Wildman–Crippen LogP) is 4.83. The molecule has 0 aromatic carbocycles. The fourth-order valence-corrected chi connectivity index (χ4v) is 3.22. The summed E-state index contributed by atoms with van der Waals surface area (Å²) >= 11 is 0. The minimum Gasteiger partial charge on any atom is -0.403 e. The molecule has 0 N–H and O–H groups in total. The van der Waals surface area contributed by atoms with Crippen molar-refractivity contribution in [3.05, 3.63) is 0 Å². The first-order chi connectivity index (χ1) is 8.82. The Morgan fingerprint density at radius 2 is 1.37 bits per heavy atom. The van der Waals surface area contributed by atoms with E-state index in [0.29, 0.717) is 5.82 Å². The Morgan fingerprint density at radius 1 is 0.789 bits per heavy atom. The van der Waals surface area contributed by atoms with Crippen LogP contribution in [0.3, 0.4) is 0 Å². The average molecular weight is 266 g/mol. The molecule has 0 spiro atoms. The molecule has 0 aromatic rings. The van der Waals surface area contributed by atoms with Crippen LogP contribution in [0, 0.1) is 5.92 Å². The number of hydrogen-bond acceptors (Lipinski definition) is 2. The van der Waals surface area contributed by atoms with Gasteiger partial charge in [0.25, 0.3) is 0 Å². The van der Waals surface area contributed by atoms with Crippen molar-refractivity contribution in [2.45, 2.75) is 96.6 Å². The second kappa shape index (κ2) is 5.77. The van der Waals surface area contributed by atoms with E-state index in [0.717, 1.165) is 5.92 Å². The summed E-state index contributed by atoms with van der Waals surface area (Å²) in [4.78, 5) is 0. The van der Waals surface area contributed by atoms with Crippen LogP contribution < -0.4 is 0 Å². The van der Waals surface area contributed by atoms with Crippen molar-refractivity contribution >= 4 is 7.12 Å². The quantitative estimate of drug-likeness (QED) is 0.633. The van der Waals surface area contributed by atoms with Gasteiger partial charge in [0.2, 0.25) is 0 Å². The van der Waals surface area contributed by atoms with Crippen molar-refractivity contribution in [1.29, 1.82) is 0 Å². The molecule has 2 atom stereocenters. The monoisotopic (exact) mass is 266 g/mol. The molecule has 2 aliphatic rings. The van der Waals surface area contributed by atoms with Gasteiger partial charge in [-0.3, -0.25) is 0 Å². The highest BCUT2D eigenvalue weighted by atomic mass is 16.7. The van der Waals surface area contributed by atoms with Gasteiger partial charge in [0, 0.05) is 0 Å². The van der Waals surface area contributed by atoms with E-state index in [4.69, 9.17) is 9.31 Å². The first kappa shape index (κ1) is 15.4. The van der Waals surface area contributed by atoms with Crippen LogP contribution >= 0.6 is 0 Å². The zero-order chi connectivity index (χ0) is 14.1. The summed E-state index contributed by atoms with van der Waals surface area (Å²) in [6, 6.07) is 0. The van der Waals surface area contributed by atoms with Gasteiger partial charge < -0.3 is 9.31 Å². The molecule has 1 saturated carbocycles. The smallest absolute Gasteiger partial charge is 0.403 e. The van der Waals surface area contributed by atoms with Crippen molar-refractivity contribution < 1.29 is 9.31 Å². The lowest BCUT2D eigenvalue weighted by Gasteiger charge is -2.32.